The van der Waals surface area contributed by atoms with Crippen LogP contribution in [-0.4, -0.2) is 31.3 Å². The molecule has 0 amide bonds. The number of pyridine rings is 1. The minimum absolute atomic E-state index is 0.00835. The van der Waals surface area contributed by atoms with Crippen molar-refractivity contribution in [3.8, 4) is 11.3 Å². The van der Waals surface area contributed by atoms with Gasteiger partial charge in [-0.05, 0) is 55.5 Å². The van der Waals surface area contributed by atoms with E-state index in [2.05, 4.69) is 41.1 Å². The van der Waals surface area contributed by atoms with Gasteiger partial charge in [-0.25, -0.2) is 0 Å². The lowest BCUT2D eigenvalue weighted by Crippen LogP contribution is -2.32. The zero-order valence-corrected chi connectivity index (χ0v) is 14.8. The van der Waals surface area contributed by atoms with Crippen molar-refractivity contribution < 1.29 is 4.74 Å². The van der Waals surface area contributed by atoms with E-state index in [1.807, 2.05) is 13.0 Å². The summed E-state index contributed by atoms with van der Waals surface area (Å²) in [5.74, 6) is 0. The van der Waals surface area contributed by atoms with Crippen molar-refractivity contribution in [3.63, 3.8) is 0 Å². The third-order valence-electron chi connectivity index (χ3n) is 4.91. The lowest BCUT2D eigenvalue weighted by molar-refractivity contribution is 0.181. The standard InChI is InChI=1S/C20H26N2O2/c1-4-15-12-14(2)20(23)21-19(15)16-7-9-17(10-8-16)22-11-5-6-18(22)13-24-3/h7-10,12,18H,4-6,11,13H2,1-3H3,(H,21,23)/t18-/m0/s1. The molecule has 1 aliphatic heterocycles. The summed E-state index contributed by atoms with van der Waals surface area (Å²) < 4.78 is 5.34. The Kier molecular flexibility index (Phi) is 5.05. The van der Waals surface area contributed by atoms with Crippen LogP contribution in [0.1, 0.15) is 30.9 Å². The van der Waals surface area contributed by atoms with Crippen LogP contribution >= 0.6 is 0 Å². The zero-order valence-electron chi connectivity index (χ0n) is 14.8. The number of ether oxygens (including phenoxy) is 1. The summed E-state index contributed by atoms with van der Waals surface area (Å²) in [6.07, 6.45) is 3.29. The third kappa shape index (κ3) is 3.24. The number of rotatable bonds is 5. The van der Waals surface area contributed by atoms with Crippen molar-refractivity contribution >= 4 is 5.69 Å². The molecule has 0 bridgehead atoms. The normalized spacial score (nSPS) is 17.5. The van der Waals surface area contributed by atoms with Gasteiger partial charge in [0.2, 0.25) is 0 Å². The molecule has 1 atom stereocenters. The van der Waals surface area contributed by atoms with Gasteiger partial charge in [0.15, 0.2) is 0 Å². The Morgan fingerprint density at radius 2 is 2.04 bits per heavy atom. The van der Waals surface area contributed by atoms with Crippen molar-refractivity contribution in [2.45, 2.75) is 39.2 Å². The Morgan fingerprint density at radius 3 is 2.71 bits per heavy atom. The lowest BCUT2D eigenvalue weighted by atomic mass is 10.0. The predicted octanol–water partition coefficient (Wildman–Crippen LogP) is 3.53. The van der Waals surface area contributed by atoms with Gasteiger partial charge in [0.05, 0.1) is 18.3 Å². The quantitative estimate of drug-likeness (QED) is 0.914. The Morgan fingerprint density at radius 1 is 1.29 bits per heavy atom. The van der Waals surface area contributed by atoms with E-state index in [4.69, 9.17) is 4.74 Å². The highest BCUT2D eigenvalue weighted by atomic mass is 16.5. The molecule has 1 aromatic heterocycles. The van der Waals surface area contributed by atoms with Crippen molar-refractivity contribution in [2.24, 2.45) is 0 Å². The zero-order chi connectivity index (χ0) is 17.1. The summed E-state index contributed by atoms with van der Waals surface area (Å²) >= 11 is 0. The van der Waals surface area contributed by atoms with E-state index in [1.165, 1.54) is 24.1 Å². The summed E-state index contributed by atoms with van der Waals surface area (Å²) in [6.45, 7) is 5.82. The fourth-order valence-electron chi connectivity index (χ4n) is 3.59. The molecule has 1 aromatic carbocycles. The summed E-state index contributed by atoms with van der Waals surface area (Å²) in [7, 11) is 1.76. The molecule has 24 heavy (non-hydrogen) atoms. The molecule has 2 aromatic rings. The molecule has 1 fully saturated rings. The monoisotopic (exact) mass is 326 g/mol. The molecule has 0 unspecified atom stereocenters. The Hall–Kier alpha value is -2.07. The van der Waals surface area contributed by atoms with Gasteiger partial charge in [0.25, 0.3) is 5.56 Å². The molecule has 0 saturated carbocycles. The Labute approximate surface area is 143 Å². The summed E-state index contributed by atoms with van der Waals surface area (Å²) in [4.78, 5) is 17.5. The maximum Gasteiger partial charge on any atom is 0.251 e. The van der Waals surface area contributed by atoms with E-state index in [0.717, 1.165) is 36.4 Å². The molecule has 128 valence electrons. The summed E-state index contributed by atoms with van der Waals surface area (Å²) in [6, 6.07) is 11.0. The molecule has 0 radical (unpaired) electrons. The van der Waals surface area contributed by atoms with Crippen LogP contribution in [0, 0.1) is 6.92 Å². The van der Waals surface area contributed by atoms with Crippen LogP contribution in [0.3, 0.4) is 0 Å². The maximum absolute atomic E-state index is 12.0. The first-order chi connectivity index (χ1) is 11.6. The molecule has 1 saturated heterocycles. The molecule has 4 nitrogen and oxygen atoms in total. The smallest absolute Gasteiger partial charge is 0.251 e. The van der Waals surface area contributed by atoms with Crippen LogP contribution in [0.5, 0.6) is 0 Å². The first-order valence-corrected chi connectivity index (χ1v) is 8.72. The number of H-pyrrole nitrogens is 1. The van der Waals surface area contributed by atoms with E-state index in [0.29, 0.717) is 6.04 Å². The van der Waals surface area contributed by atoms with Crippen molar-refractivity contribution in [2.75, 3.05) is 25.2 Å². The van der Waals surface area contributed by atoms with Crippen molar-refractivity contribution in [1.29, 1.82) is 0 Å². The number of anilines is 1. The number of benzene rings is 1. The van der Waals surface area contributed by atoms with Crippen molar-refractivity contribution in [3.05, 3.63) is 51.8 Å². The van der Waals surface area contributed by atoms with Crippen LogP contribution in [0.25, 0.3) is 11.3 Å². The highest BCUT2D eigenvalue weighted by Gasteiger charge is 2.24. The number of aromatic nitrogens is 1. The van der Waals surface area contributed by atoms with Gasteiger partial charge >= 0.3 is 0 Å². The second-order valence-electron chi connectivity index (χ2n) is 6.53. The second-order valence-corrected chi connectivity index (χ2v) is 6.53. The number of hydrogen-bond donors (Lipinski definition) is 1. The number of methoxy groups -OCH3 is 1. The van der Waals surface area contributed by atoms with Gasteiger partial charge in [-0.1, -0.05) is 19.1 Å². The number of nitrogens with one attached hydrogen (secondary N) is 1. The number of nitrogens with zero attached hydrogens (tertiary/aromatic N) is 1. The van der Waals surface area contributed by atoms with Crippen LogP contribution in [0.2, 0.25) is 0 Å². The maximum atomic E-state index is 12.0. The largest absolute Gasteiger partial charge is 0.383 e. The van der Waals surface area contributed by atoms with Gasteiger partial charge in [-0.3, -0.25) is 4.79 Å². The van der Waals surface area contributed by atoms with Gasteiger partial charge < -0.3 is 14.6 Å². The summed E-state index contributed by atoms with van der Waals surface area (Å²) in [5.41, 5.74) is 5.17. The average Bonchev–Trinajstić information content (AvgIpc) is 3.06. The van der Waals surface area contributed by atoms with Crippen LogP contribution in [0.4, 0.5) is 5.69 Å². The highest BCUT2D eigenvalue weighted by molar-refractivity contribution is 5.66. The highest BCUT2D eigenvalue weighted by Crippen LogP contribution is 2.29. The molecule has 1 N–H and O–H groups in total. The van der Waals surface area contributed by atoms with Gasteiger partial charge in [0.1, 0.15) is 0 Å². The fourth-order valence-corrected chi connectivity index (χ4v) is 3.59. The average molecular weight is 326 g/mol. The van der Waals surface area contributed by atoms with E-state index >= 15 is 0 Å². The van der Waals surface area contributed by atoms with E-state index in [9.17, 15) is 4.79 Å². The second kappa shape index (κ2) is 7.22. The number of hydrogen-bond acceptors (Lipinski definition) is 3. The number of aromatic amines is 1. The SMILES string of the molecule is CCc1cc(C)c(=O)[nH]c1-c1ccc(N2CCC[C@H]2COC)cc1. The van der Waals surface area contributed by atoms with Gasteiger partial charge in [-0.15, -0.1) is 0 Å². The van der Waals surface area contributed by atoms with Crippen LogP contribution in [0.15, 0.2) is 35.1 Å². The molecular weight excluding hydrogens is 300 g/mol. The minimum Gasteiger partial charge on any atom is -0.383 e. The Bertz CT molecular complexity index is 749. The molecule has 0 aliphatic carbocycles. The first kappa shape index (κ1) is 16.8. The predicted molar refractivity (Wildman–Crippen MR) is 98.9 cm³/mol. The van der Waals surface area contributed by atoms with Crippen LogP contribution < -0.4 is 10.5 Å². The lowest BCUT2D eigenvalue weighted by Gasteiger charge is -2.26. The van der Waals surface area contributed by atoms with E-state index in [1.54, 1.807) is 7.11 Å². The Balaban J connectivity index is 1.90. The third-order valence-corrected chi connectivity index (χ3v) is 4.91. The molecule has 3 rings (SSSR count). The van der Waals surface area contributed by atoms with E-state index < -0.39 is 0 Å². The fraction of sp³-hybridized carbons (Fsp3) is 0.450. The molecule has 1 aliphatic rings. The summed E-state index contributed by atoms with van der Waals surface area (Å²) in [5, 5.41) is 0. The minimum atomic E-state index is -0.00835. The molecule has 4 heteroatoms. The van der Waals surface area contributed by atoms with E-state index in [-0.39, 0.29) is 5.56 Å². The van der Waals surface area contributed by atoms with Gasteiger partial charge in [-0.2, -0.15) is 0 Å². The topological polar surface area (TPSA) is 45.3 Å². The van der Waals surface area contributed by atoms with Crippen molar-refractivity contribution in [1.82, 2.24) is 4.98 Å². The van der Waals surface area contributed by atoms with Gasteiger partial charge in [0, 0.05) is 24.9 Å². The first-order valence-electron chi connectivity index (χ1n) is 8.72. The molecule has 2 heterocycles. The van der Waals surface area contributed by atoms with Crippen LogP contribution in [-0.2, 0) is 11.2 Å². The molecular formula is C20H26N2O2. The number of aryl methyl sites for hydroxylation is 2. The molecule has 0 spiro atoms.